The molecule has 1 aromatic heterocycles. The molecule has 1 aliphatic carbocycles. The molecule has 5 heteroatoms. The number of hydrogen-bond acceptors (Lipinski definition) is 3. The Bertz CT molecular complexity index is 880. The van der Waals surface area contributed by atoms with Crippen LogP contribution < -0.4 is 4.74 Å². The number of ether oxygens (including phenoxy) is 1. The van der Waals surface area contributed by atoms with E-state index in [1.54, 1.807) is 10.7 Å². The Balaban J connectivity index is 1.59. The molecule has 1 heterocycles. The molecule has 0 amide bonds. The van der Waals surface area contributed by atoms with Gasteiger partial charge in [-0.3, -0.25) is 4.68 Å². The van der Waals surface area contributed by atoms with Crippen molar-refractivity contribution in [3.05, 3.63) is 59.2 Å². The van der Waals surface area contributed by atoms with Gasteiger partial charge in [-0.1, -0.05) is 0 Å². The molecule has 0 N–H and O–H groups in total. The van der Waals surface area contributed by atoms with Crippen molar-refractivity contribution in [3.63, 3.8) is 0 Å². The summed E-state index contributed by atoms with van der Waals surface area (Å²) >= 11 is 0. The summed E-state index contributed by atoms with van der Waals surface area (Å²) in [6.45, 7) is 1.92. The minimum atomic E-state index is -0.123. The Morgan fingerprint density at radius 2 is 1.79 bits per heavy atom. The molecule has 122 valence electrons. The average molecular weight is 323 g/mol. The van der Waals surface area contributed by atoms with Gasteiger partial charge in [-0.2, -0.15) is 5.10 Å². The van der Waals surface area contributed by atoms with Gasteiger partial charge in [0, 0.05) is 18.2 Å². The zero-order chi connectivity index (χ0) is 16.7. The average Bonchev–Trinajstić information content (AvgIpc) is 3.19. The first-order valence-electron chi connectivity index (χ1n) is 8.08. The van der Waals surface area contributed by atoms with E-state index >= 15 is 0 Å². The Morgan fingerprint density at radius 1 is 1.04 bits per heavy atom. The lowest BCUT2D eigenvalue weighted by Crippen LogP contribution is -1.94. The Kier molecular flexibility index (Phi) is 3.56. The Morgan fingerprint density at radius 3 is 2.50 bits per heavy atom. The van der Waals surface area contributed by atoms with Gasteiger partial charge in [0.1, 0.15) is 23.1 Å². The summed E-state index contributed by atoms with van der Waals surface area (Å²) in [5.74, 6) is 2.92. The number of rotatable bonds is 3. The lowest BCUT2D eigenvalue weighted by atomic mass is 10.1. The SMILES string of the molecule is Cc1nc(-c2ccc(Oc3ccc(F)c4c3CCC4)cc2)nn1C. The van der Waals surface area contributed by atoms with Gasteiger partial charge >= 0.3 is 0 Å². The van der Waals surface area contributed by atoms with E-state index in [1.165, 1.54) is 6.07 Å². The van der Waals surface area contributed by atoms with Gasteiger partial charge in [0.15, 0.2) is 5.82 Å². The maximum absolute atomic E-state index is 13.8. The molecule has 4 nitrogen and oxygen atoms in total. The third-order valence-electron chi connectivity index (χ3n) is 4.51. The second-order valence-electron chi connectivity index (χ2n) is 6.09. The van der Waals surface area contributed by atoms with Gasteiger partial charge in [0.05, 0.1) is 0 Å². The van der Waals surface area contributed by atoms with Crippen LogP contribution in [0.15, 0.2) is 36.4 Å². The fourth-order valence-corrected chi connectivity index (χ4v) is 3.11. The highest BCUT2D eigenvalue weighted by Gasteiger charge is 2.20. The summed E-state index contributed by atoms with van der Waals surface area (Å²) in [5, 5.41) is 4.37. The highest BCUT2D eigenvalue weighted by atomic mass is 19.1. The highest BCUT2D eigenvalue weighted by Crippen LogP contribution is 2.35. The van der Waals surface area contributed by atoms with Crippen LogP contribution in [0.25, 0.3) is 11.4 Å². The quantitative estimate of drug-likeness (QED) is 0.725. The predicted molar refractivity (Wildman–Crippen MR) is 89.7 cm³/mol. The molecule has 0 saturated carbocycles. The Labute approximate surface area is 139 Å². The van der Waals surface area contributed by atoms with E-state index in [2.05, 4.69) is 10.1 Å². The van der Waals surface area contributed by atoms with Crippen LogP contribution in [0.2, 0.25) is 0 Å². The molecule has 1 aliphatic rings. The highest BCUT2D eigenvalue weighted by molar-refractivity contribution is 5.56. The van der Waals surface area contributed by atoms with E-state index < -0.39 is 0 Å². The largest absolute Gasteiger partial charge is 0.457 e. The van der Waals surface area contributed by atoms with Crippen molar-refractivity contribution in [3.8, 4) is 22.9 Å². The summed E-state index contributed by atoms with van der Waals surface area (Å²) in [5.41, 5.74) is 2.74. The van der Waals surface area contributed by atoms with Crippen molar-refractivity contribution in [1.29, 1.82) is 0 Å². The second-order valence-corrected chi connectivity index (χ2v) is 6.09. The second kappa shape index (κ2) is 5.74. The van der Waals surface area contributed by atoms with Crippen LogP contribution in [-0.2, 0) is 19.9 Å². The molecular weight excluding hydrogens is 305 g/mol. The summed E-state index contributed by atoms with van der Waals surface area (Å²) in [6, 6.07) is 10.9. The van der Waals surface area contributed by atoms with Crippen molar-refractivity contribution in [1.82, 2.24) is 14.8 Å². The molecular formula is C19H18FN3O. The van der Waals surface area contributed by atoms with Gasteiger partial charge in [0.25, 0.3) is 0 Å². The summed E-state index contributed by atoms with van der Waals surface area (Å²) in [7, 11) is 1.87. The first-order chi connectivity index (χ1) is 11.6. The molecule has 0 spiro atoms. The smallest absolute Gasteiger partial charge is 0.181 e. The zero-order valence-corrected chi connectivity index (χ0v) is 13.7. The van der Waals surface area contributed by atoms with Crippen molar-refractivity contribution in [2.45, 2.75) is 26.2 Å². The van der Waals surface area contributed by atoms with Crippen LogP contribution in [0.5, 0.6) is 11.5 Å². The number of fused-ring (bicyclic) bond motifs is 1. The van der Waals surface area contributed by atoms with E-state index in [9.17, 15) is 4.39 Å². The Hall–Kier alpha value is -2.69. The molecule has 4 rings (SSSR count). The monoisotopic (exact) mass is 323 g/mol. The van der Waals surface area contributed by atoms with Gasteiger partial charge in [0.2, 0.25) is 0 Å². The molecule has 2 aromatic carbocycles. The maximum Gasteiger partial charge on any atom is 0.181 e. The first-order valence-corrected chi connectivity index (χ1v) is 8.08. The lowest BCUT2D eigenvalue weighted by molar-refractivity contribution is 0.474. The third kappa shape index (κ3) is 2.56. The fraction of sp³-hybridized carbons (Fsp3) is 0.263. The maximum atomic E-state index is 13.8. The van der Waals surface area contributed by atoms with E-state index in [-0.39, 0.29) is 5.82 Å². The van der Waals surface area contributed by atoms with Crippen LogP contribution in [0.4, 0.5) is 4.39 Å². The minimum Gasteiger partial charge on any atom is -0.457 e. The van der Waals surface area contributed by atoms with E-state index in [4.69, 9.17) is 4.74 Å². The zero-order valence-electron chi connectivity index (χ0n) is 13.7. The lowest BCUT2D eigenvalue weighted by Gasteiger charge is -2.11. The van der Waals surface area contributed by atoms with Crippen LogP contribution in [0.1, 0.15) is 23.4 Å². The molecule has 0 aliphatic heterocycles. The molecule has 0 fully saturated rings. The number of hydrogen-bond donors (Lipinski definition) is 0. The van der Waals surface area contributed by atoms with Gasteiger partial charge < -0.3 is 4.74 Å². The van der Waals surface area contributed by atoms with Crippen LogP contribution in [-0.4, -0.2) is 14.8 Å². The standard InChI is InChI=1S/C19H18FN3O/c1-12-21-19(22-23(12)2)13-6-8-14(9-7-13)24-18-11-10-17(20)15-4-3-5-16(15)18/h6-11H,3-5H2,1-2H3. The molecule has 0 radical (unpaired) electrons. The van der Waals surface area contributed by atoms with Crippen LogP contribution in [0, 0.1) is 12.7 Å². The van der Waals surface area contributed by atoms with E-state index in [1.807, 2.05) is 38.2 Å². The third-order valence-corrected chi connectivity index (χ3v) is 4.51. The van der Waals surface area contributed by atoms with E-state index in [0.29, 0.717) is 5.82 Å². The van der Waals surface area contributed by atoms with Gasteiger partial charge in [-0.25, -0.2) is 9.37 Å². The van der Waals surface area contributed by atoms with Crippen LogP contribution >= 0.6 is 0 Å². The number of aromatic nitrogens is 3. The molecule has 0 saturated heterocycles. The number of nitrogens with zero attached hydrogens (tertiary/aromatic N) is 3. The molecule has 0 unspecified atom stereocenters. The van der Waals surface area contributed by atoms with Gasteiger partial charge in [-0.15, -0.1) is 0 Å². The van der Waals surface area contributed by atoms with Crippen molar-refractivity contribution < 1.29 is 9.13 Å². The van der Waals surface area contributed by atoms with Crippen LogP contribution in [0.3, 0.4) is 0 Å². The summed E-state index contributed by atoms with van der Waals surface area (Å²) in [4.78, 5) is 4.42. The van der Waals surface area contributed by atoms with Gasteiger partial charge in [-0.05, 0) is 68.1 Å². The van der Waals surface area contributed by atoms with Crippen molar-refractivity contribution in [2.75, 3.05) is 0 Å². The minimum absolute atomic E-state index is 0.123. The number of halogens is 1. The van der Waals surface area contributed by atoms with Crippen molar-refractivity contribution in [2.24, 2.45) is 7.05 Å². The normalized spacial score (nSPS) is 13.1. The predicted octanol–water partition coefficient (Wildman–Crippen LogP) is 4.21. The molecule has 3 aromatic rings. The molecule has 24 heavy (non-hydrogen) atoms. The summed E-state index contributed by atoms with van der Waals surface area (Å²) < 4.78 is 21.5. The van der Waals surface area contributed by atoms with Crippen molar-refractivity contribution >= 4 is 0 Å². The fourth-order valence-electron chi connectivity index (χ4n) is 3.11. The first kappa shape index (κ1) is 14.9. The van der Waals surface area contributed by atoms with E-state index in [0.717, 1.165) is 53.3 Å². The summed E-state index contributed by atoms with van der Waals surface area (Å²) in [6.07, 6.45) is 2.65. The number of aryl methyl sites for hydroxylation is 2. The molecule has 0 bridgehead atoms. The number of benzene rings is 2. The topological polar surface area (TPSA) is 39.9 Å². The molecule has 0 atom stereocenters.